The van der Waals surface area contributed by atoms with Crippen molar-refractivity contribution >= 4 is 11.8 Å². The maximum atomic E-state index is 11.9. The predicted octanol–water partition coefficient (Wildman–Crippen LogP) is -0.210. The zero-order chi connectivity index (χ0) is 15.7. The van der Waals surface area contributed by atoms with E-state index in [-0.39, 0.29) is 12.5 Å². The molecule has 0 aliphatic heterocycles. The van der Waals surface area contributed by atoms with Crippen LogP contribution in [0.4, 0.5) is 0 Å². The first kappa shape index (κ1) is 17.1. The van der Waals surface area contributed by atoms with Crippen LogP contribution in [-0.4, -0.2) is 24.4 Å². The standard InChI is InChI=1S/C14H22N4O3/c15-12(13(16)19)6-1-2-7-18-14(20)11-5-3-4-10(8-11)9-21-17/h3-5,8,12H,1-2,6-7,9,15,17H2,(H2,16,19)(H,18,20)/t12-/m0/s1. The molecule has 0 bridgehead atoms. The van der Waals surface area contributed by atoms with Crippen LogP contribution in [0, 0.1) is 0 Å². The Morgan fingerprint density at radius 3 is 2.71 bits per heavy atom. The molecule has 0 saturated heterocycles. The van der Waals surface area contributed by atoms with Crippen molar-refractivity contribution in [3.05, 3.63) is 35.4 Å². The molecule has 1 rings (SSSR count). The predicted molar refractivity (Wildman–Crippen MR) is 78.8 cm³/mol. The molecular formula is C14H22N4O3. The van der Waals surface area contributed by atoms with E-state index in [2.05, 4.69) is 10.2 Å². The maximum absolute atomic E-state index is 11.9. The minimum Gasteiger partial charge on any atom is -0.368 e. The van der Waals surface area contributed by atoms with Gasteiger partial charge in [0.05, 0.1) is 12.6 Å². The summed E-state index contributed by atoms with van der Waals surface area (Å²) in [4.78, 5) is 27.2. The van der Waals surface area contributed by atoms with E-state index in [0.29, 0.717) is 18.5 Å². The lowest BCUT2D eigenvalue weighted by atomic mass is 10.1. The number of carbonyl (C=O) groups is 2. The van der Waals surface area contributed by atoms with Gasteiger partial charge in [-0.25, -0.2) is 5.90 Å². The molecule has 0 unspecified atom stereocenters. The number of hydrogen-bond acceptors (Lipinski definition) is 5. The van der Waals surface area contributed by atoms with Gasteiger partial charge < -0.3 is 16.8 Å². The minimum atomic E-state index is -0.617. The number of nitrogens with one attached hydrogen (secondary N) is 1. The van der Waals surface area contributed by atoms with Crippen LogP contribution in [0.5, 0.6) is 0 Å². The summed E-state index contributed by atoms with van der Waals surface area (Å²) in [5.41, 5.74) is 12.0. The van der Waals surface area contributed by atoms with Gasteiger partial charge in [-0.05, 0) is 37.0 Å². The fourth-order valence-electron chi connectivity index (χ4n) is 1.83. The molecule has 7 nitrogen and oxygen atoms in total. The smallest absolute Gasteiger partial charge is 0.251 e. The highest BCUT2D eigenvalue weighted by atomic mass is 16.6. The van der Waals surface area contributed by atoms with Gasteiger partial charge in [-0.1, -0.05) is 12.1 Å². The van der Waals surface area contributed by atoms with E-state index in [1.54, 1.807) is 18.2 Å². The lowest BCUT2D eigenvalue weighted by molar-refractivity contribution is -0.119. The first-order valence-electron chi connectivity index (χ1n) is 6.78. The van der Waals surface area contributed by atoms with Gasteiger partial charge in [0.15, 0.2) is 0 Å². The molecular weight excluding hydrogens is 272 g/mol. The van der Waals surface area contributed by atoms with Crippen LogP contribution in [0.15, 0.2) is 24.3 Å². The molecule has 21 heavy (non-hydrogen) atoms. The molecule has 1 aromatic carbocycles. The SMILES string of the molecule is NOCc1cccc(C(=O)NCCCC[C@H](N)C(N)=O)c1. The molecule has 0 fully saturated rings. The van der Waals surface area contributed by atoms with Gasteiger partial charge in [-0.15, -0.1) is 0 Å². The van der Waals surface area contributed by atoms with E-state index in [9.17, 15) is 9.59 Å². The highest BCUT2D eigenvalue weighted by Crippen LogP contribution is 2.06. The lowest BCUT2D eigenvalue weighted by Gasteiger charge is -2.08. The molecule has 0 aliphatic rings. The molecule has 0 saturated carbocycles. The van der Waals surface area contributed by atoms with Gasteiger partial charge in [0.1, 0.15) is 0 Å². The van der Waals surface area contributed by atoms with E-state index in [1.807, 2.05) is 6.07 Å². The number of hydrogen-bond donors (Lipinski definition) is 4. The maximum Gasteiger partial charge on any atom is 0.251 e. The molecule has 1 atom stereocenters. The number of primary amides is 1. The topological polar surface area (TPSA) is 133 Å². The molecule has 2 amide bonds. The van der Waals surface area contributed by atoms with Gasteiger partial charge in [-0.3, -0.25) is 14.4 Å². The normalized spacial score (nSPS) is 11.9. The molecule has 116 valence electrons. The molecule has 7 heteroatoms. The quantitative estimate of drug-likeness (QED) is 0.369. The molecule has 7 N–H and O–H groups in total. The third-order valence-corrected chi connectivity index (χ3v) is 3.03. The van der Waals surface area contributed by atoms with Crippen molar-refractivity contribution in [2.24, 2.45) is 17.4 Å². The Bertz CT molecular complexity index is 479. The van der Waals surface area contributed by atoms with Gasteiger partial charge in [0, 0.05) is 12.1 Å². The lowest BCUT2D eigenvalue weighted by Crippen LogP contribution is -2.36. The van der Waals surface area contributed by atoms with Crippen LogP contribution >= 0.6 is 0 Å². The fraction of sp³-hybridized carbons (Fsp3) is 0.429. The third-order valence-electron chi connectivity index (χ3n) is 3.03. The summed E-state index contributed by atoms with van der Waals surface area (Å²) in [6.45, 7) is 0.772. The van der Waals surface area contributed by atoms with Gasteiger partial charge in [0.2, 0.25) is 5.91 Å². The zero-order valence-corrected chi connectivity index (χ0v) is 11.9. The summed E-state index contributed by atoms with van der Waals surface area (Å²) in [7, 11) is 0. The van der Waals surface area contributed by atoms with Crippen molar-refractivity contribution in [3.8, 4) is 0 Å². The number of amides is 2. The average Bonchev–Trinajstić information content (AvgIpc) is 2.47. The molecule has 1 aromatic rings. The van der Waals surface area contributed by atoms with Crippen LogP contribution in [-0.2, 0) is 16.2 Å². The summed E-state index contributed by atoms with van der Waals surface area (Å²) in [6, 6.07) is 6.43. The van der Waals surface area contributed by atoms with Gasteiger partial charge in [-0.2, -0.15) is 0 Å². The summed E-state index contributed by atoms with van der Waals surface area (Å²) in [6.07, 6.45) is 1.98. The van der Waals surface area contributed by atoms with Crippen LogP contribution in [0.1, 0.15) is 35.2 Å². The molecule has 0 heterocycles. The number of carbonyl (C=O) groups excluding carboxylic acids is 2. The Balaban J connectivity index is 2.30. The van der Waals surface area contributed by atoms with Crippen molar-refractivity contribution in [1.82, 2.24) is 5.32 Å². The minimum absolute atomic E-state index is 0.159. The summed E-state index contributed by atoms with van der Waals surface area (Å²) in [5.74, 6) is 4.34. The van der Waals surface area contributed by atoms with Gasteiger partial charge in [0.25, 0.3) is 5.91 Å². The Morgan fingerprint density at radius 1 is 1.29 bits per heavy atom. The largest absolute Gasteiger partial charge is 0.368 e. The Kier molecular flexibility index (Phi) is 7.38. The zero-order valence-electron chi connectivity index (χ0n) is 11.9. The Labute approximate surface area is 123 Å². The number of rotatable bonds is 9. The number of nitrogens with two attached hydrogens (primary N) is 3. The second kappa shape index (κ2) is 9.06. The van der Waals surface area contributed by atoms with Crippen molar-refractivity contribution < 1.29 is 14.4 Å². The average molecular weight is 294 g/mol. The van der Waals surface area contributed by atoms with E-state index in [4.69, 9.17) is 17.4 Å². The Morgan fingerprint density at radius 2 is 2.05 bits per heavy atom. The summed E-state index contributed by atoms with van der Waals surface area (Å²) >= 11 is 0. The molecule has 0 aliphatic carbocycles. The second-order valence-electron chi connectivity index (χ2n) is 4.77. The monoisotopic (exact) mass is 294 g/mol. The van der Waals surface area contributed by atoms with Crippen molar-refractivity contribution in [2.75, 3.05) is 6.54 Å². The van der Waals surface area contributed by atoms with Crippen LogP contribution in [0.25, 0.3) is 0 Å². The third kappa shape index (κ3) is 6.35. The molecule has 0 aromatic heterocycles. The molecule has 0 radical (unpaired) electrons. The highest BCUT2D eigenvalue weighted by Gasteiger charge is 2.09. The van der Waals surface area contributed by atoms with E-state index >= 15 is 0 Å². The fourth-order valence-corrected chi connectivity index (χ4v) is 1.83. The second-order valence-corrected chi connectivity index (χ2v) is 4.77. The van der Waals surface area contributed by atoms with Crippen LogP contribution in [0.2, 0.25) is 0 Å². The van der Waals surface area contributed by atoms with Crippen LogP contribution < -0.4 is 22.7 Å². The van der Waals surface area contributed by atoms with Crippen molar-refractivity contribution in [2.45, 2.75) is 31.9 Å². The first-order chi connectivity index (χ1) is 10.0. The van der Waals surface area contributed by atoms with Crippen molar-refractivity contribution in [1.29, 1.82) is 0 Å². The first-order valence-corrected chi connectivity index (χ1v) is 6.78. The van der Waals surface area contributed by atoms with E-state index < -0.39 is 11.9 Å². The highest BCUT2D eigenvalue weighted by molar-refractivity contribution is 5.94. The van der Waals surface area contributed by atoms with E-state index in [1.165, 1.54) is 0 Å². The Hall–Kier alpha value is -1.96. The van der Waals surface area contributed by atoms with Crippen molar-refractivity contribution in [3.63, 3.8) is 0 Å². The summed E-state index contributed by atoms with van der Waals surface area (Å²) < 4.78 is 0. The number of benzene rings is 1. The van der Waals surface area contributed by atoms with E-state index in [0.717, 1.165) is 18.4 Å². The summed E-state index contributed by atoms with van der Waals surface area (Å²) in [5, 5.41) is 2.80. The van der Waals surface area contributed by atoms with Crippen LogP contribution in [0.3, 0.4) is 0 Å². The van der Waals surface area contributed by atoms with Gasteiger partial charge >= 0.3 is 0 Å². The molecule has 0 spiro atoms. The number of unbranched alkanes of at least 4 members (excludes halogenated alkanes) is 1.